The van der Waals surface area contributed by atoms with Crippen LogP contribution in [-0.4, -0.2) is 20.6 Å². The van der Waals surface area contributed by atoms with Crippen molar-refractivity contribution in [1.82, 2.24) is 9.55 Å². The van der Waals surface area contributed by atoms with Crippen molar-refractivity contribution in [2.24, 2.45) is 0 Å². The van der Waals surface area contributed by atoms with E-state index in [2.05, 4.69) is 4.98 Å². The van der Waals surface area contributed by atoms with Gasteiger partial charge >= 0.3 is 5.97 Å². The number of hydrogen-bond donors (Lipinski definition) is 1. The molecule has 0 fully saturated rings. The van der Waals surface area contributed by atoms with Crippen LogP contribution in [0.25, 0.3) is 5.13 Å². The van der Waals surface area contributed by atoms with E-state index in [1.54, 1.807) is 13.8 Å². The predicted molar refractivity (Wildman–Crippen MR) is 78.3 cm³/mol. The zero-order chi connectivity index (χ0) is 15.0. The van der Waals surface area contributed by atoms with Gasteiger partial charge in [0.05, 0.1) is 11.3 Å². The molecule has 6 heteroatoms. The van der Waals surface area contributed by atoms with Gasteiger partial charge in [-0.3, -0.25) is 9.36 Å². The molecule has 5 nitrogen and oxygen atoms in total. The predicted octanol–water partition coefficient (Wildman–Crippen LogP) is 2.48. The fraction of sp³-hybridized carbons (Fsp3) is 0.357. The van der Waals surface area contributed by atoms with E-state index in [1.165, 1.54) is 22.0 Å². The van der Waals surface area contributed by atoms with Crippen molar-refractivity contribution in [1.29, 1.82) is 0 Å². The first-order chi connectivity index (χ1) is 9.36. The largest absolute Gasteiger partial charge is 0.478 e. The zero-order valence-electron chi connectivity index (χ0n) is 11.9. The van der Waals surface area contributed by atoms with E-state index in [0.717, 1.165) is 17.0 Å². The van der Waals surface area contributed by atoms with Crippen molar-refractivity contribution in [3.63, 3.8) is 0 Å². The molecule has 0 unspecified atom stereocenters. The third kappa shape index (κ3) is 2.27. The van der Waals surface area contributed by atoms with Crippen LogP contribution in [0.15, 0.2) is 10.9 Å². The highest BCUT2D eigenvalue weighted by Gasteiger charge is 2.19. The lowest BCUT2D eigenvalue weighted by Crippen LogP contribution is -2.24. The van der Waals surface area contributed by atoms with Crippen LogP contribution in [0.3, 0.4) is 0 Å². The summed E-state index contributed by atoms with van der Waals surface area (Å²) < 4.78 is 1.38. The molecule has 2 heterocycles. The summed E-state index contributed by atoms with van der Waals surface area (Å²) in [6.07, 6.45) is 0.785. The maximum Gasteiger partial charge on any atom is 0.337 e. The van der Waals surface area contributed by atoms with E-state index in [9.17, 15) is 14.7 Å². The first-order valence-corrected chi connectivity index (χ1v) is 7.11. The Hall–Kier alpha value is -1.95. The van der Waals surface area contributed by atoms with Gasteiger partial charge in [0.15, 0.2) is 5.13 Å². The highest BCUT2D eigenvalue weighted by atomic mass is 32.1. The summed E-state index contributed by atoms with van der Waals surface area (Å²) >= 11 is 1.41. The molecular formula is C14H16N2O3S. The van der Waals surface area contributed by atoms with Crippen molar-refractivity contribution < 1.29 is 9.90 Å². The maximum absolute atomic E-state index is 12.2. The van der Waals surface area contributed by atoms with Crippen molar-refractivity contribution in [3.8, 4) is 5.13 Å². The summed E-state index contributed by atoms with van der Waals surface area (Å²) in [5.41, 5.74) is 1.74. The molecule has 2 rings (SSSR count). The molecular weight excluding hydrogens is 276 g/mol. The fourth-order valence-electron chi connectivity index (χ4n) is 2.28. The van der Waals surface area contributed by atoms with Crippen LogP contribution in [0.2, 0.25) is 0 Å². The van der Waals surface area contributed by atoms with E-state index >= 15 is 0 Å². The Bertz CT molecular complexity index is 744. The van der Waals surface area contributed by atoms with Gasteiger partial charge in [-0.25, -0.2) is 9.78 Å². The van der Waals surface area contributed by atoms with Crippen molar-refractivity contribution in [2.45, 2.75) is 34.1 Å². The van der Waals surface area contributed by atoms with E-state index in [-0.39, 0.29) is 11.1 Å². The summed E-state index contributed by atoms with van der Waals surface area (Å²) in [5, 5.41) is 9.81. The molecule has 0 atom stereocenters. The molecule has 0 spiro atoms. The Morgan fingerprint density at radius 2 is 2.05 bits per heavy atom. The summed E-state index contributed by atoms with van der Waals surface area (Å²) in [7, 11) is 0. The Morgan fingerprint density at radius 1 is 1.40 bits per heavy atom. The third-order valence-corrected chi connectivity index (χ3v) is 4.27. The third-order valence-electron chi connectivity index (χ3n) is 3.27. The maximum atomic E-state index is 12.2. The number of aryl methyl sites for hydroxylation is 3. The van der Waals surface area contributed by atoms with Crippen LogP contribution < -0.4 is 5.56 Å². The molecule has 106 valence electrons. The normalized spacial score (nSPS) is 10.8. The molecule has 2 aromatic rings. The second-order valence-electron chi connectivity index (χ2n) is 4.62. The molecule has 0 aliphatic carbocycles. The minimum atomic E-state index is -1.03. The number of aromatic carboxylic acids is 1. The van der Waals surface area contributed by atoms with Crippen LogP contribution in [0.4, 0.5) is 0 Å². The number of hydrogen-bond acceptors (Lipinski definition) is 4. The second kappa shape index (κ2) is 5.20. The summed E-state index contributed by atoms with van der Waals surface area (Å²) in [4.78, 5) is 29.0. The minimum Gasteiger partial charge on any atom is -0.478 e. The van der Waals surface area contributed by atoms with Crippen LogP contribution >= 0.6 is 11.3 Å². The number of thiazole rings is 1. The van der Waals surface area contributed by atoms with Gasteiger partial charge in [0.2, 0.25) is 0 Å². The van der Waals surface area contributed by atoms with Gasteiger partial charge in [-0.1, -0.05) is 6.92 Å². The average molecular weight is 292 g/mol. The Kier molecular flexibility index (Phi) is 3.76. The Labute approximate surface area is 120 Å². The number of carboxylic acid groups (broad SMARTS) is 1. The molecule has 0 radical (unpaired) electrons. The Balaban J connectivity index is 2.76. The lowest BCUT2D eigenvalue weighted by atomic mass is 10.1. The van der Waals surface area contributed by atoms with Crippen LogP contribution in [0, 0.1) is 20.8 Å². The highest BCUT2D eigenvalue weighted by Crippen LogP contribution is 2.23. The number of carbonyl (C=O) groups is 1. The van der Waals surface area contributed by atoms with Gasteiger partial charge in [0.25, 0.3) is 5.56 Å². The smallest absolute Gasteiger partial charge is 0.337 e. The lowest BCUT2D eigenvalue weighted by molar-refractivity contribution is 0.0694. The first kappa shape index (κ1) is 14.5. The summed E-state index contributed by atoms with van der Waals surface area (Å²) in [6.45, 7) is 7.22. The highest BCUT2D eigenvalue weighted by molar-refractivity contribution is 7.14. The van der Waals surface area contributed by atoms with E-state index in [0.29, 0.717) is 16.4 Å². The second-order valence-corrected chi connectivity index (χ2v) is 5.80. The van der Waals surface area contributed by atoms with E-state index < -0.39 is 5.97 Å². The van der Waals surface area contributed by atoms with Crippen molar-refractivity contribution in [2.75, 3.05) is 0 Å². The minimum absolute atomic E-state index is 0.163. The molecule has 0 saturated carbocycles. The van der Waals surface area contributed by atoms with Gasteiger partial charge in [-0.15, -0.1) is 11.3 Å². The standard InChI is InChI=1S/C14H16N2O3S/c1-5-10-9(4)20-14(15-10)16-8(3)12(13(18)19)7(2)6-11(16)17/h6H,5H2,1-4H3,(H,18,19). The lowest BCUT2D eigenvalue weighted by Gasteiger charge is -2.11. The Morgan fingerprint density at radius 3 is 2.55 bits per heavy atom. The average Bonchev–Trinajstić information content (AvgIpc) is 2.68. The fourth-order valence-corrected chi connectivity index (χ4v) is 3.34. The van der Waals surface area contributed by atoms with Gasteiger partial charge in [-0.05, 0) is 32.8 Å². The quantitative estimate of drug-likeness (QED) is 0.943. The summed E-state index contributed by atoms with van der Waals surface area (Å²) in [6, 6.07) is 1.35. The van der Waals surface area contributed by atoms with Gasteiger partial charge < -0.3 is 5.11 Å². The number of carboxylic acids is 1. The van der Waals surface area contributed by atoms with Crippen molar-refractivity contribution in [3.05, 3.63) is 43.8 Å². The van der Waals surface area contributed by atoms with Crippen LogP contribution in [0.1, 0.15) is 39.1 Å². The van der Waals surface area contributed by atoms with Gasteiger partial charge in [-0.2, -0.15) is 0 Å². The molecule has 2 aromatic heterocycles. The molecule has 0 aromatic carbocycles. The monoisotopic (exact) mass is 292 g/mol. The van der Waals surface area contributed by atoms with E-state index in [1.807, 2.05) is 13.8 Å². The molecule has 20 heavy (non-hydrogen) atoms. The number of nitrogens with zero attached hydrogens (tertiary/aromatic N) is 2. The molecule has 0 amide bonds. The molecule has 1 N–H and O–H groups in total. The van der Waals surface area contributed by atoms with Gasteiger partial charge in [0.1, 0.15) is 0 Å². The van der Waals surface area contributed by atoms with E-state index in [4.69, 9.17) is 0 Å². The van der Waals surface area contributed by atoms with Gasteiger partial charge in [0, 0.05) is 16.6 Å². The molecule has 0 saturated heterocycles. The SMILES string of the molecule is CCc1nc(-n2c(C)c(C(=O)O)c(C)cc2=O)sc1C. The molecule has 0 aliphatic heterocycles. The number of aromatic nitrogens is 2. The molecule has 0 bridgehead atoms. The number of pyridine rings is 1. The summed E-state index contributed by atoms with van der Waals surface area (Å²) in [5.74, 6) is -1.03. The van der Waals surface area contributed by atoms with Crippen LogP contribution in [-0.2, 0) is 6.42 Å². The zero-order valence-corrected chi connectivity index (χ0v) is 12.7. The van der Waals surface area contributed by atoms with Crippen LogP contribution in [0.5, 0.6) is 0 Å². The topological polar surface area (TPSA) is 72.2 Å². The van der Waals surface area contributed by atoms with Crippen molar-refractivity contribution >= 4 is 17.3 Å². The number of rotatable bonds is 3. The molecule has 0 aliphatic rings. The first-order valence-electron chi connectivity index (χ1n) is 6.30.